The average Bonchev–Trinajstić information content (AvgIpc) is 3.17. The Hall–Kier alpha value is -2.93. The average molecular weight is 457 g/mol. The molecule has 1 aromatic heterocycles. The van der Waals surface area contributed by atoms with Crippen molar-refractivity contribution in [1.82, 2.24) is 10.3 Å². The summed E-state index contributed by atoms with van der Waals surface area (Å²) in [6, 6.07) is 13.5. The first kappa shape index (κ1) is 23.7. The van der Waals surface area contributed by atoms with E-state index in [0.717, 1.165) is 22.0 Å². The molecule has 2 amide bonds. The molecule has 0 fully saturated rings. The number of H-pyrrole nitrogens is 1. The van der Waals surface area contributed by atoms with Gasteiger partial charge in [0, 0.05) is 29.1 Å². The van der Waals surface area contributed by atoms with Gasteiger partial charge in [0.15, 0.2) is 0 Å². The molecule has 3 aromatic rings. The maximum atomic E-state index is 12.7. The minimum atomic E-state index is -3.23. The van der Waals surface area contributed by atoms with Gasteiger partial charge in [-0.15, -0.1) is 0 Å². The number of aromatic amines is 1. The van der Waals surface area contributed by atoms with Crippen molar-refractivity contribution in [2.45, 2.75) is 32.5 Å². The van der Waals surface area contributed by atoms with Gasteiger partial charge in [0.1, 0.15) is 6.04 Å². The third-order valence-corrected chi connectivity index (χ3v) is 7.05. The Morgan fingerprint density at radius 3 is 2.34 bits per heavy atom. The molecule has 0 bridgehead atoms. The minimum Gasteiger partial charge on any atom is -0.368 e. The molecule has 0 saturated carbocycles. The molecule has 1 heterocycles. The smallest absolute Gasteiger partial charge is 0.335 e. The zero-order valence-corrected chi connectivity index (χ0v) is 19.1. The summed E-state index contributed by atoms with van der Waals surface area (Å²) in [6.45, 7) is 4.07. The van der Waals surface area contributed by atoms with Gasteiger partial charge < -0.3 is 25.1 Å². The van der Waals surface area contributed by atoms with Crippen LogP contribution in [0.2, 0.25) is 0 Å². The summed E-state index contributed by atoms with van der Waals surface area (Å²) in [5.74, 6) is -1.03. The number of amides is 2. The van der Waals surface area contributed by atoms with Crippen LogP contribution in [-0.2, 0) is 31.0 Å². The van der Waals surface area contributed by atoms with Crippen molar-refractivity contribution in [2.75, 3.05) is 13.2 Å². The predicted octanol–water partition coefficient (Wildman–Crippen LogP) is 3.76. The number of carbonyl (C=O) groups is 2. The number of aromatic nitrogens is 1. The molecular formula is C23H28N3O5P. The van der Waals surface area contributed by atoms with E-state index in [9.17, 15) is 14.2 Å². The van der Waals surface area contributed by atoms with Crippen molar-refractivity contribution in [3.63, 3.8) is 0 Å². The monoisotopic (exact) mass is 457 g/mol. The van der Waals surface area contributed by atoms with Crippen LogP contribution < -0.4 is 11.1 Å². The van der Waals surface area contributed by atoms with Crippen LogP contribution in [0.1, 0.15) is 35.3 Å². The normalized spacial score (nSPS) is 12.6. The van der Waals surface area contributed by atoms with Crippen molar-refractivity contribution in [3.05, 3.63) is 71.4 Å². The lowest BCUT2D eigenvalue weighted by atomic mass is 10.0. The first-order valence-electron chi connectivity index (χ1n) is 10.5. The van der Waals surface area contributed by atoms with E-state index in [4.69, 9.17) is 14.8 Å². The maximum absolute atomic E-state index is 12.7. The fourth-order valence-corrected chi connectivity index (χ4v) is 5.19. The van der Waals surface area contributed by atoms with Gasteiger partial charge in [0.25, 0.3) is 5.91 Å². The van der Waals surface area contributed by atoms with Crippen molar-refractivity contribution < 1.29 is 23.2 Å². The molecule has 0 aliphatic heterocycles. The van der Waals surface area contributed by atoms with Gasteiger partial charge in [-0.2, -0.15) is 0 Å². The molecule has 0 saturated heterocycles. The quantitative estimate of drug-likeness (QED) is 0.378. The highest BCUT2D eigenvalue weighted by atomic mass is 31.2. The van der Waals surface area contributed by atoms with Crippen LogP contribution in [0.3, 0.4) is 0 Å². The summed E-state index contributed by atoms with van der Waals surface area (Å²) in [6.07, 6.45) is 2.20. The summed E-state index contributed by atoms with van der Waals surface area (Å²) in [5, 5.41) is 3.69. The van der Waals surface area contributed by atoms with Gasteiger partial charge >= 0.3 is 7.60 Å². The van der Waals surface area contributed by atoms with E-state index in [1.165, 1.54) is 0 Å². The summed E-state index contributed by atoms with van der Waals surface area (Å²) in [5.41, 5.74) is 8.47. The van der Waals surface area contributed by atoms with Crippen molar-refractivity contribution in [2.24, 2.45) is 5.73 Å². The molecule has 9 heteroatoms. The molecule has 0 aliphatic carbocycles. The molecule has 0 spiro atoms. The number of hydrogen-bond donors (Lipinski definition) is 3. The predicted molar refractivity (Wildman–Crippen MR) is 123 cm³/mol. The first-order chi connectivity index (χ1) is 15.3. The fraction of sp³-hybridized carbons (Fsp3) is 0.304. The van der Waals surface area contributed by atoms with Gasteiger partial charge in [-0.25, -0.2) is 0 Å². The Labute approximate surface area is 187 Å². The van der Waals surface area contributed by atoms with Crippen LogP contribution in [0.25, 0.3) is 10.9 Å². The zero-order valence-electron chi connectivity index (χ0n) is 18.2. The van der Waals surface area contributed by atoms with Gasteiger partial charge in [-0.3, -0.25) is 14.2 Å². The van der Waals surface area contributed by atoms with Crippen LogP contribution in [0, 0.1) is 0 Å². The molecule has 32 heavy (non-hydrogen) atoms. The fourth-order valence-electron chi connectivity index (χ4n) is 3.49. The highest BCUT2D eigenvalue weighted by Crippen LogP contribution is 2.51. The Morgan fingerprint density at radius 2 is 1.72 bits per heavy atom. The molecular weight excluding hydrogens is 429 g/mol. The Morgan fingerprint density at radius 1 is 1.06 bits per heavy atom. The Bertz CT molecular complexity index is 1120. The first-order valence-corrected chi connectivity index (χ1v) is 12.2. The maximum Gasteiger partial charge on any atom is 0.335 e. The molecule has 0 unspecified atom stereocenters. The number of hydrogen-bond acceptors (Lipinski definition) is 5. The molecule has 8 nitrogen and oxygen atoms in total. The SMILES string of the molecule is CCOP(=O)(Cc1ccc(C(=O)N[C@H](Cc2c[nH]c3ccccc23)C(N)=O)cc1)OCC. The van der Waals surface area contributed by atoms with Crippen molar-refractivity contribution in [3.8, 4) is 0 Å². The molecule has 0 radical (unpaired) electrons. The van der Waals surface area contributed by atoms with Gasteiger partial charge in [0.05, 0.1) is 19.4 Å². The molecule has 4 N–H and O–H groups in total. The summed E-state index contributed by atoms with van der Waals surface area (Å²) >= 11 is 0. The van der Waals surface area contributed by atoms with E-state index in [0.29, 0.717) is 5.56 Å². The Kier molecular flexibility index (Phi) is 7.85. The van der Waals surface area contributed by atoms with Crippen molar-refractivity contribution >= 4 is 30.3 Å². The second-order valence-electron chi connectivity index (χ2n) is 7.29. The highest BCUT2D eigenvalue weighted by Gasteiger charge is 2.25. The van der Waals surface area contributed by atoms with E-state index in [-0.39, 0.29) is 25.8 Å². The molecule has 1 atom stereocenters. The lowest BCUT2D eigenvalue weighted by Gasteiger charge is -2.17. The number of nitrogens with one attached hydrogen (secondary N) is 2. The number of fused-ring (bicyclic) bond motifs is 1. The number of nitrogens with two attached hydrogens (primary N) is 1. The second kappa shape index (κ2) is 10.6. The van der Waals surface area contributed by atoms with Crippen molar-refractivity contribution in [1.29, 1.82) is 0 Å². The molecule has 3 rings (SSSR count). The standard InChI is InChI=1S/C23H28N3O5P/c1-3-30-32(29,31-4-2)15-16-9-11-17(12-10-16)23(28)26-21(22(24)27)13-18-14-25-20-8-6-5-7-19(18)20/h5-12,14,21,25H,3-4,13,15H2,1-2H3,(H2,24,27)(H,26,28)/t21-/m1/s1. The van der Waals surface area contributed by atoms with E-state index in [1.54, 1.807) is 38.1 Å². The third kappa shape index (κ3) is 5.85. The van der Waals surface area contributed by atoms with Crippen LogP contribution in [-0.4, -0.2) is 36.1 Å². The van der Waals surface area contributed by atoms with Gasteiger partial charge in [-0.1, -0.05) is 30.3 Å². The molecule has 170 valence electrons. The largest absolute Gasteiger partial charge is 0.368 e. The molecule has 0 aliphatic rings. The number of primary amides is 1. The summed E-state index contributed by atoms with van der Waals surface area (Å²) in [4.78, 5) is 27.9. The lowest BCUT2D eigenvalue weighted by Crippen LogP contribution is -2.45. The number of rotatable bonds is 11. The second-order valence-corrected chi connectivity index (χ2v) is 9.35. The number of para-hydroxylation sites is 1. The summed E-state index contributed by atoms with van der Waals surface area (Å²) in [7, 11) is -3.23. The van der Waals surface area contributed by atoms with Gasteiger partial charge in [0.2, 0.25) is 5.91 Å². The topological polar surface area (TPSA) is 124 Å². The third-order valence-electron chi connectivity index (χ3n) is 4.99. The summed E-state index contributed by atoms with van der Waals surface area (Å²) < 4.78 is 23.3. The van der Waals surface area contributed by atoms with E-state index >= 15 is 0 Å². The number of carbonyl (C=O) groups excluding carboxylic acids is 2. The van der Waals surface area contributed by atoms with Crippen LogP contribution in [0.5, 0.6) is 0 Å². The van der Waals surface area contributed by atoms with Gasteiger partial charge in [-0.05, 0) is 43.2 Å². The van der Waals surface area contributed by atoms with Crippen LogP contribution in [0.4, 0.5) is 0 Å². The lowest BCUT2D eigenvalue weighted by molar-refractivity contribution is -0.119. The van der Waals surface area contributed by atoms with Crippen LogP contribution in [0.15, 0.2) is 54.7 Å². The van der Waals surface area contributed by atoms with E-state index in [2.05, 4.69) is 10.3 Å². The van der Waals surface area contributed by atoms with Crippen LogP contribution >= 0.6 is 7.60 Å². The molecule has 2 aromatic carbocycles. The Balaban J connectivity index is 1.69. The zero-order chi connectivity index (χ0) is 23.1. The minimum absolute atomic E-state index is 0.112. The highest BCUT2D eigenvalue weighted by molar-refractivity contribution is 7.53. The van der Waals surface area contributed by atoms with E-state index in [1.807, 2.05) is 30.5 Å². The van der Waals surface area contributed by atoms with E-state index < -0.39 is 25.5 Å². The number of benzene rings is 2.